The fraction of sp³-hybridized carbons (Fsp3) is 0.357. The molecule has 2 atom stereocenters. The predicted molar refractivity (Wildman–Crippen MR) is 79.2 cm³/mol. The maximum atomic E-state index is 12.0. The van der Waals surface area contributed by atoms with Crippen molar-refractivity contribution in [2.24, 2.45) is 0 Å². The number of aromatic nitrogens is 2. The van der Waals surface area contributed by atoms with Gasteiger partial charge >= 0.3 is 0 Å². The van der Waals surface area contributed by atoms with E-state index in [1.54, 1.807) is 0 Å². The standard InChI is InChI=1S/C14H15ClN4O2/c15-10-3-1-2-8(4-10)9-5-11(7-12(20)6-9)17-14-13(16)18-21-19-14/h1-4,9,11H,5-7H2,(H2,16,18)(H,17,19)/t9-,11-/m0/s1. The van der Waals surface area contributed by atoms with Crippen molar-refractivity contribution >= 4 is 29.0 Å². The van der Waals surface area contributed by atoms with Crippen LogP contribution in [0.3, 0.4) is 0 Å². The molecule has 1 aromatic carbocycles. The molecule has 0 aliphatic heterocycles. The largest absolute Gasteiger partial charge is 0.378 e. The van der Waals surface area contributed by atoms with Crippen molar-refractivity contribution in [1.29, 1.82) is 0 Å². The molecule has 0 bridgehead atoms. The van der Waals surface area contributed by atoms with Crippen LogP contribution in [0.2, 0.25) is 5.02 Å². The molecule has 3 rings (SSSR count). The van der Waals surface area contributed by atoms with Crippen molar-refractivity contribution in [3.63, 3.8) is 0 Å². The fourth-order valence-electron chi connectivity index (χ4n) is 2.76. The number of anilines is 2. The molecular formula is C14H15ClN4O2. The summed E-state index contributed by atoms with van der Waals surface area (Å²) in [5.41, 5.74) is 6.70. The van der Waals surface area contributed by atoms with Crippen molar-refractivity contribution in [3.05, 3.63) is 34.9 Å². The van der Waals surface area contributed by atoms with E-state index in [1.807, 2.05) is 24.3 Å². The van der Waals surface area contributed by atoms with Gasteiger partial charge in [-0.25, -0.2) is 4.63 Å². The zero-order valence-electron chi connectivity index (χ0n) is 11.3. The maximum absolute atomic E-state index is 12.0. The molecule has 7 heteroatoms. The number of nitrogens with one attached hydrogen (secondary N) is 1. The number of carbonyl (C=O) groups is 1. The Kier molecular flexibility index (Phi) is 3.79. The van der Waals surface area contributed by atoms with Crippen LogP contribution in [0.4, 0.5) is 11.6 Å². The average molecular weight is 307 g/mol. The Morgan fingerprint density at radius 2 is 2.19 bits per heavy atom. The molecule has 21 heavy (non-hydrogen) atoms. The summed E-state index contributed by atoms with van der Waals surface area (Å²) in [6.45, 7) is 0. The van der Waals surface area contributed by atoms with Crippen molar-refractivity contribution in [2.45, 2.75) is 31.2 Å². The Bertz CT molecular complexity index is 658. The minimum atomic E-state index is -0.0376. The average Bonchev–Trinajstić information content (AvgIpc) is 2.84. The van der Waals surface area contributed by atoms with E-state index in [-0.39, 0.29) is 23.6 Å². The van der Waals surface area contributed by atoms with Crippen LogP contribution in [0.15, 0.2) is 28.9 Å². The van der Waals surface area contributed by atoms with Gasteiger partial charge in [0.1, 0.15) is 5.78 Å². The lowest BCUT2D eigenvalue weighted by Gasteiger charge is -2.29. The van der Waals surface area contributed by atoms with Gasteiger partial charge in [0.25, 0.3) is 0 Å². The van der Waals surface area contributed by atoms with E-state index in [1.165, 1.54) is 0 Å². The number of benzene rings is 1. The number of rotatable bonds is 3. The van der Waals surface area contributed by atoms with E-state index >= 15 is 0 Å². The third-order valence-corrected chi connectivity index (χ3v) is 3.93. The zero-order chi connectivity index (χ0) is 14.8. The van der Waals surface area contributed by atoms with Crippen LogP contribution in [0.25, 0.3) is 0 Å². The smallest absolute Gasteiger partial charge is 0.215 e. The molecule has 0 saturated heterocycles. The first-order valence-corrected chi connectivity index (χ1v) is 7.11. The third kappa shape index (κ3) is 3.16. The minimum absolute atomic E-state index is 0.0376. The molecule has 3 N–H and O–H groups in total. The second kappa shape index (κ2) is 5.73. The van der Waals surface area contributed by atoms with Gasteiger partial charge in [0.05, 0.1) is 0 Å². The molecule has 1 aromatic heterocycles. The number of nitrogens with two attached hydrogens (primary N) is 1. The number of Topliss-reactive ketones (excluding diaryl/α,β-unsaturated/α-hetero) is 1. The molecule has 1 aliphatic rings. The third-order valence-electron chi connectivity index (χ3n) is 3.69. The number of nitrogen functional groups attached to an aromatic ring is 1. The van der Waals surface area contributed by atoms with Crippen LogP contribution < -0.4 is 11.1 Å². The van der Waals surface area contributed by atoms with Gasteiger partial charge in [-0.15, -0.1) is 0 Å². The summed E-state index contributed by atoms with van der Waals surface area (Å²) in [5, 5.41) is 11.0. The molecule has 1 saturated carbocycles. The zero-order valence-corrected chi connectivity index (χ0v) is 12.0. The Balaban J connectivity index is 1.75. The number of halogens is 1. The quantitative estimate of drug-likeness (QED) is 0.905. The van der Waals surface area contributed by atoms with Gasteiger partial charge in [0.15, 0.2) is 0 Å². The van der Waals surface area contributed by atoms with Crippen LogP contribution in [0.5, 0.6) is 0 Å². The van der Waals surface area contributed by atoms with Gasteiger partial charge in [0, 0.05) is 23.9 Å². The summed E-state index contributed by atoms with van der Waals surface area (Å²) >= 11 is 6.02. The highest BCUT2D eigenvalue weighted by Gasteiger charge is 2.29. The summed E-state index contributed by atoms with van der Waals surface area (Å²) in [5.74, 6) is 0.939. The summed E-state index contributed by atoms with van der Waals surface area (Å²) in [6.07, 6.45) is 1.78. The van der Waals surface area contributed by atoms with Crippen molar-refractivity contribution in [2.75, 3.05) is 11.1 Å². The summed E-state index contributed by atoms with van der Waals surface area (Å²) < 4.78 is 4.55. The molecule has 1 aliphatic carbocycles. The lowest BCUT2D eigenvalue weighted by atomic mass is 9.80. The Labute approximate surface area is 126 Å². The van der Waals surface area contributed by atoms with Crippen LogP contribution >= 0.6 is 11.6 Å². The van der Waals surface area contributed by atoms with E-state index in [0.29, 0.717) is 23.7 Å². The van der Waals surface area contributed by atoms with Gasteiger partial charge in [0.2, 0.25) is 11.6 Å². The van der Waals surface area contributed by atoms with Gasteiger partial charge in [-0.3, -0.25) is 4.79 Å². The fourth-order valence-corrected chi connectivity index (χ4v) is 2.96. The maximum Gasteiger partial charge on any atom is 0.215 e. The molecule has 0 spiro atoms. The topological polar surface area (TPSA) is 94.0 Å². The van der Waals surface area contributed by atoms with Crippen LogP contribution in [0, 0.1) is 0 Å². The number of carbonyl (C=O) groups excluding carboxylic acids is 1. The van der Waals surface area contributed by atoms with Crippen molar-refractivity contribution in [1.82, 2.24) is 10.3 Å². The summed E-state index contributed by atoms with van der Waals surface area (Å²) in [6, 6.07) is 7.60. The van der Waals surface area contributed by atoms with E-state index in [4.69, 9.17) is 17.3 Å². The summed E-state index contributed by atoms with van der Waals surface area (Å²) in [7, 11) is 0. The predicted octanol–water partition coefficient (Wildman–Crippen LogP) is 2.62. The molecule has 0 unspecified atom stereocenters. The Morgan fingerprint density at radius 3 is 2.90 bits per heavy atom. The molecule has 1 fully saturated rings. The molecular weight excluding hydrogens is 292 g/mol. The van der Waals surface area contributed by atoms with E-state index in [2.05, 4.69) is 20.3 Å². The molecule has 110 valence electrons. The SMILES string of the molecule is Nc1nonc1N[C@@H]1CC(=O)C[C@@H](c2cccc(Cl)c2)C1. The van der Waals surface area contributed by atoms with E-state index < -0.39 is 0 Å². The van der Waals surface area contributed by atoms with Crippen molar-refractivity contribution < 1.29 is 9.42 Å². The first kappa shape index (κ1) is 13.9. The number of ketones is 1. The molecule has 2 aromatic rings. The number of hydrogen-bond donors (Lipinski definition) is 2. The molecule has 6 nitrogen and oxygen atoms in total. The lowest BCUT2D eigenvalue weighted by Crippen LogP contribution is -2.31. The molecule has 1 heterocycles. The highest BCUT2D eigenvalue weighted by molar-refractivity contribution is 6.30. The highest BCUT2D eigenvalue weighted by Crippen LogP contribution is 2.33. The van der Waals surface area contributed by atoms with Crippen LogP contribution in [-0.2, 0) is 4.79 Å². The van der Waals surface area contributed by atoms with Crippen LogP contribution in [0.1, 0.15) is 30.7 Å². The second-order valence-electron chi connectivity index (χ2n) is 5.27. The first-order valence-electron chi connectivity index (χ1n) is 6.73. The van der Waals surface area contributed by atoms with Crippen LogP contribution in [-0.4, -0.2) is 22.1 Å². The monoisotopic (exact) mass is 306 g/mol. The highest BCUT2D eigenvalue weighted by atomic mass is 35.5. The number of nitrogens with zero attached hydrogens (tertiary/aromatic N) is 2. The van der Waals surface area contributed by atoms with Gasteiger partial charge in [-0.2, -0.15) is 0 Å². The molecule has 0 amide bonds. The Hall–Kier alpha value is -2.08. The van der Waals surface area contributed by atoms with Crippen molar-refractivity contribution in [3.8, 4) is 0 Å². The minimum Gasteiger partial charge on any atom is -0.378 e. The van der Waals surface area contributed by atoms with Gasteiger partial charge in [-0.05, 0) is 40.3 Å². The summed E-state index contributed by atoms with van der Waals surface area (Å²) in [4.78, 5) is 12.0. The Morgan fingerprint density at radius 1 is 1.33 bits per heavy atom. The van der Waals surface area contributed by atoms with E-state index in [9.17, 15) is 4.79 Å². The first-order chi connectivity index (χ1) is 10.1. The van der Waals surface area contributed by atoms with Gasteiger partial charge in [-0.1, -0.05) is 23.7 Å². The lowest BCUT2D eigenvalue weighted by molar-refractivity contribution is -0.120. The number of hydrogen-bond acceptors (Lipinski definition) is 6. The normalized spacial score (nSPS) is 22.2. The second-order valence-corrected chi connectivity index (χ2v) is 5.71. The van der Waals surface area contributed by atoms with E-state index in [0.717, 1.165) is 12.0 Å². The van der Waals surface area contributed by atoms with Gasteiger partial charge < -0.3 is 11.1 Å². The molecule has 0 radical (unpaired) electrons.